The lowest BCUT2D eigenvalue weighted by Crippen LogP contribution is -2.03. The van der Waals surface area contributed by atoms with Crippen molar-refractivity contribution in [1.82, 2.24) is 15.0 Å². The van der Waals surface area contributed by atoms with Crippen LogP contribution in [0.3, 0.4) is 0 Å². The molecular formula is C14H10ClN5. The van der Waals surface area contributed by atoms with Crippen LogP contribution in [0.1, 0.15) is 11.1 Å². The lowest BCUT2D eigenvalue weighted by Gasteiger charge is -2.07. The van der Waals surface area contributed by atoms with Crippen molar-refractivity contribution in [2.24, 2.45) is 0 Å². The predicted octanol–water partition coefficient (Wildman–Crippen LogP) is 3.10. The van der Waals surface area contributed by atoms with Crippen LogP contribution in [0.15, 0.2) is 36.5 Å². The highest BCUT2D eigenvalue weighted by atomic mass is 35.5. The van der Waals surface area contributed by atoms with Gasteiger partial charge in [-0.05, 0) is 17.2 Å². The van der Waals surface area contributed by atoms with Gasteiger partial charge >= 0.3 is 0 Å². The van der Waals surface area contributed by atoms with Gasteiger partial charge in [-0.2, -0.15) is 15.2 Å². The van der Waals surface area contributed by atoms with E-state index in [4.69, 9.17) is 16.9 Å². The van der Waals surface area contributed by atoms with Gasteiger partial charge < -0.3 is 10.3 Å². The SMILES string of the molecule is N#Cc1c[nH]c2nc(Cl)nc(NCc3ccccc3)c12. The van der Waals surface area contributed by atoms with Crippen molar-refractivity contribution in [2.75, 3.05) is 5.32 Å². The van der Waals surface area contributed by atoms with Gasteiger partial charge in [0.15, 0.2) is 0 Å². The fraction of sp³-hybridized carbons (Fsp3) is 0.0714. The van der Waals surface area contributed by atoms with Gasteiger partial charge in [0, 0.05) is 12.7 Å². The molecule has 3 rings (SSSR count). The minimum atomic E-state index is 0.138. The smallest absolute Gasteiger partial charge is 0.226 e. The summed E-state index contributed by atoms with van der Waals surface area (Å²) in [7, 11) is 0. The molecule has 0 atom stereocenters. The molecule has 2 heterocycles. The fourth-order valence-corrected chi connectivity index (χ4v) is 2.17. The number of halogens is 1. The topological polar surface area (TPSA) is 77.4 Å². The Bertz CT molecular complexity index is 788. The van der Waals surface area contributed by atoms with Crippen molar-refractivity contribution in [3.63, 3.8) is 0 Å². The van der Waals surface area contributed by atoms with Gasteiger partial charge in [0.05, 0.1) is 10.9 Å². The Kier molecular flexibility index (Phi) is 3.23. The highest BCUT2D eigenvalue weighted by Crippen LogP contribution is 2.25. The minimum Gasteiger partial charge on any atom is -0.365 e. The number of aromatic nitrogens is 3. The van der Waals surface area contributed by atoms with E-state index in [1.54, 1.807) is 6.20 Å². The van der Waals surface area contributed by atoms with Crippen LogP contribution in [0.5, 0.6) is 0 Å². The molecule has 0 aliphatic rings. The monoisotopic (exact) mass is 283 g/mol. The summed E-state index contributed by atoms with van der Waals surface area (Å²) in [6.07, 6.45) is 1.60. The first kappa shape index (κ1) is 12.5. The van der Waals surface area contributed by atoms with Crippen molar-refractivity contribution in [3.05, 3.63) is 52.9 Å². The molecule has 20 heavy (non-hydrogen) atoms. The van der Waals surface area contributed by atoms with Crippen molar-refractivity contribution < 1.29 is 0 Å². The molecule has 0 unspecified atom stereocenters. The highest BCUT2D eigenvalue weighted by Gasteiger charge is 2.12. The van der Waals surface area contributed by atoms with Crippen LogP contribution < -0.4 is 5.32 Å². The molecule has 0 aliphatic carbocycles. The molecule has 0 fully saturated rings. The summed E-state index contributed by atoms with van der Waals surface area (Å²) in [6, 6.07) is 12.0. The van der Waals surface area contributed by atoms with Gasteiger partial charge in [-0.3, -0.25) is 0 Å². The molecule has 0 radical (unpaired) electrons. The van der Waals surface area contributed by atoms with Gasteiger partial charge in [0.1, 0.15) is 17.5 Å². The number of nitriles is 1. The predicted molar refractivity (Wildman–Crippen MR) is 77.4 cm³/mol. The number of nitrogens with one attached hydrogen (secondary N) is 2. The number of H-pyrrole nitrogens is 1. The summed E-state index contributed by atoms with van der Waals surface area (Å²) in [5, 5.41) is 13.1. The maximum absolute atomic E-state index is 9.12. The first-order valence-corrected chi connectivity index (χ1v) is 6.38. The van der Waals surface area contributed by atoms with Gasteiger partial charge in [-0.15, -0.1) is 0 Å². The second-order valence-corrected chi connectivity index (χ2v) is 4.56. The highest BCUT2D eigenvalue weighted by molar-refractivity contribution is 6.28. The molecule has 0 saturated carbocycles. The van der Waals surface area contributed by atoms with Crippen LogP contribution in [-0.2, 0) is 6.54 Å². The van der Waals surface area contributed by atoms with Crippen molar-refractivity contribution in [2.45, 2.75) is 6.54 Å². The second kappa shape index (κ2) is 5.19. The molecule has 5 nitrogen and oxygen atoms in total. The molecule has 0 amide bonds. The van der Waals surface area contributed by atoms with Crippen molar-refractivity contribution in [1.29, 1.82) is 5.26 Å². The average Bonchev–Trinajstić information content (AvgIpc) is 2.88. The van der Waals surface area contributed by atoms with Crippen molar-refractivity contribution in [3.8, 4) is 6.07 Å². The van der Waals surface area contributed by atoms with E-state index in [1.807, 2.05) is 30.3 Å². The molecule has 1 aromatic carbocycles. The Balaban J connectivity index is 1.98. The van der Waals surface area contributed by atoms with Crippen LogP contribution in [0.25, 0.3) is 11.0 Å². The maximum atomic E-state index is 9.12. The van der Waals surface area contributed by atoms with E-state index >= 15 is 0 Å². The molecule has 6 heteroatoms. The number of anilines is 1. The number of nitrogens with zero attached hydrogens (tertiary/aromatic N) is 3. The van der Waals surface area contributed by atoms with E-state index in [9.17, 15) is 0 Å². The third-order valence-electron chi connectivity index (χ3n) is 2.93. The number of aromatic amines is 1. The standard InChI is InChI=1S/C14H10ClN5/c15-14-19-12(17-7-9-4-2-1-3-5-9)11-10(6-16)8-18-13(11)20-14/h1-5,8H,7H2,(H2,17,18,19,20). The summed E-state index contributed by atoms with van der Waals surface area (Å²) >= 11 is 5.89. The summed E-state index contributed by atoms with van der Waals surface area (Å²) in [5.74, 6) is 0.557. The van der Waals surface area contributed by atoms with Crippen molar-refractivity contribution >= 4 is 28.5 Å². The average molecular weight is 284 g/mol. The number of hydrogen-bond acceptors (Lipinski definition) is 4. The fourth-order valence-electron chi connectivity index (χ4n) is 2.00. The molecule has 0 bridgehead atoms. The first-order valence-electron chi connectivity index (χ1n) is 6.00. The Morgan fingerprint density at radius 2 is 2.05 bits per heavy atom. The van der Waals surface area contributed by atoms with E-state index < -0.39 is 0 Å². The zero-order valence-electron chi connectivity index (χ0n) is 10.4. The van der Waals surface area contributed by atoms with E-state index in [1.165, 1.54) is 0 Å². The molecular weight excluding hydrogens is 274 g/mol. The van der Waals surface area contributed by atoms with Crippen LogP contribution in [-0.4, -0.2) is 15.0 Å². The number of fused-ring (bicyclic) bond motifs is 1. The van der Waals surface area contributed by atoms with Gasteiger partial charge in [0.2, 0.25) is 5.28 Å². The molecule has 0 aliphatic heterocycles. The Hall–Kier alpha value is -2.58. The van der Waals surface area contributed by atoms with Gasteiger partial charge in [0.25, 0.3) is 0 Å². The van der Waals surface area contributed by atoms with Gasteiger partial charge in [-0.25, -0.2) is 0 Å². The summed E-state index contributed by atoms with van der Waals surface area (Å²) in [4.78, 5) is 11.2. The Morgan fingerprint density at radius 1 is 1.25 bits per heavy atom. The first-order chi connectivity index (χ1) is 9.78. The Morgan fingerprint density at radius 3 is 2.80 bits per heavy atom. The number of rotatable bonds is 3. The quantitative estimate of drug-likeness (QED) is 0.724. The molecule has 0 saturated heterocycles. The van der Waals surface area contributed by atoms with Crippen LogP contribution in [0, 0.1) is 11.3 Å². The number of hydrogen-bond donors (Lipinski definition) is 2. The summed E-state index contributed by atoms with van der Waals surface area (Å²) in [6.45, 7) is 0.597. The minimum absolute atomic E-state index is 0.138. The Labute approximate surface area is 120 Å². The zero-order valence-corrected chi connectivity index (χ0v) is 11.1. The maximum Gasteiger partial charge on any atom is 0.226 e. The molecule has 2 aromatic heterocycles. The zero-order chi connectivity index (χ0) is 13.9. The third-order valence-corrected chi connectivity index (χ3v) is 3.10. The molecule has 2 N–H and O–H groups in total. The molecule has 98 valence electrons. The third kappa shape index (κ3) is 2.29. The van der Waals surface area contributed by atoms with E-state index in [-0.39, 0.29) is 5.28 Å². The van der Waals surface area contributed by atoms with Crippen LogP contribution in [0.4, 0.5) is 5.82 Å². The summed E-state index contributed by atoms with van der Waals surface area (Å²) in [5.41, 5.74) is 2.16. The normalized spacial score (nSPS) is 10.4. The van der Waals surface area contributed by atoms with Gasteiger partial charge in [-0.1, -0.05) is 30.3 Å². The largest absolute Gasteiger partial charge is 0.365 e. The summed E-state index contributed by atoms with van der Waals surface area (Å²) < 4.78 is 0. The molecule has 0 spiro atoms. The van der Waals surface area contributed by atoms with Crippen LogP contribution >= 0.6 is 11.6 Å². The lowest BCUT2D eigenvalue weighted by atomic mass is 10.2. The van der Waals surface area contributed by atoms with E-state index in [0.29, 0.717) is 29.0 Å². The van der Waals surface area contributed by atoms with Crippen LogP contribution in [0.2, 0.25) is 5.28 Å². The van der Waals surface area contributed by atoms with E-state index in [2.05, 4.69) is 26.3 Å². The second-order valence-electron chi connectivity index (χ2n) is 4.22. The van der Waals surface area contributed by atoms with E-state index in [0.717, 1.165) is 5.56 Å². The molecule has 3 aromatic rings. The lowest BCUT2D eigenvalue weighted by molar-refractivity contribution is 1.10. The number of benzene rings is 1.